The molecule has 0 bridgehead atoms. The molecule has 0 radical (unpaired) electrons. The third-order valence-electron chi connectivity index (χ3n) is 6.58. The largest absolute Gasteiger partial charge is 0.573 e. The van der Waals surface area contributed by atoms with E-state index in [4.69, 9.17) is 26.1 Å². The zero-order chi connectivity index (χ0) is 29.3. The minimum absolute atomic E-state index is 0.195. The molecule has 1 aliphatic rings. The molecule has 0 unspecified atom stereocenters. The number of ether oxygens (including phenoxy) is 3. The lowest BCUT2D eigenvalue weighted by Crippen LogP contribution is -2.35. The summed E-state index contributed by atoms with van der Waals surface area (Å²) < 4.78 is 52.7. The molecule has 0 saturated carbocycles. The van der Waals surface area contributed by atoms with Crippen molar-refractivity contribution in [3.05, 3.63) is 59.4 Å². The first-order valence-corrected chi connectivity index (χ1v) is 13.2. The van der Waals surface area contributed by atoms with E-state index < -0.39 is 12.1 Å². The number of benzene rings is 2. The number of alkyl halides is 3. The van der Waals surface area contributed by atoms with Crippen LogP contribution in [0.1, 0.15) is 5.56 Å². The van der Waals surface area contributed by atoms with E-state index in [-0.39, 0.29) is 10.8 Å². The second kappa shape index (κ2) is 11.5. The average molecular weight is 601 g/mol. The summed E-state index contributed by atoms with van der Waals surface area (Å²) in [6.07, 6.45) is -1.85. The fourth-order valence-corrected chi connectivity index (χ4v) is 4.80. The summed E-state index contributed by atoms with van der Waals surface area (Å²) in [7, 11) is 1.47. The molecular formula is C27H24ClF3N8O3. The van der Waals surface area contributed by atoms with Crippen LogP contribution in [0.3, 0.4) is 0 Å². The number of nitrogens with zero attached hydrogens (tertiary/aromatic N) is 5. The van der Waals surface area contributed by atoms with Crippen LogP contribution in [0.2, 0.25) is 5.02 Å². The molecule has 0 amide bonds. The van der Waals surface area contributed by atoms with E-state index in [1.807, 2.05) is 6.07 Å². The van der Waals surface area contributed by atoms with Gasteiger partial charge in [0.25, 0.3) is 0 Å². The van der Waals surface area contributed by atoms with Gasteiger partial charge in [-0.1, -0.05) is 17.7 Å². The zero-order valence-electron chi connectivity index (χ0n) is 22.1. The smallest absolute Gasteiger partial charge is 0.491 e. The van der Waals surface area contributed by atoms with Gasteiger partial charge < -0.3 is 24.5 Å². The van der Waals surface area contributed by atoms with Crippen molar-refractivity contribution >= 4 is 34.1 Å². The molecule has 42 heavy (non-hydrogen) atoms. The van der Waals surface area contributed by atoms with Gasteiger partial charge in [-0.05, 0) is 35.9 Å². The molecule has 4 heterocycles. The Kier molecular flexibility index (Phi) is 7.58. The van der Waals surface area contributed by atoms with Gasteiger partial charge in [0.1, 0.15) is 11.4 Å². The summed E-state index contributed by atoms with van der Waals surface area (Å²) in [4.78, 5) is 19.2. The molecule has 6 rings (SSSR count). The summed E-state index contributed by atoms with van der Waals surface area (Å²) in [5.41, 5.74) is 4.36. The Balaban J connectivity index is 1.25. The number of imidazole rings is 1. The maximum absolute atomic E-state index is 12.6. The van der Waals surface area contributed by atoms with Gasteiger partial charge >= 0.3 is 6.36 Å². The van der Waals surface area contributed by atoms with Crippen LogP contribution < -0.4 is 14.8 Å². The number of aromatic nitrogens is 6. The normalized spacial score (nSPS) is 14.3. The fourth-order valence-electron chi connectivity index (χ4n) is 4.58. The predicted molar refractivity (Wildman–Crippen MR) is 149 cm³/mol. The number of fused-ring (bicyclic) bond motifs is 1. The Hall–Kier alpha value is -4.40. The number of anilines is 2. The molecule has 0 atom stereocenters. The van der Waals surface area contributed by atoms with E-state index in [0.29, 0.717) is 34.3 Å². The molecule has 1 aliphatic heterocycles. The SMILES string of the molecule is COc1cnc(-c2ccc(OC(F)(F)F)c(Cl)c2)nc1Nc1cn[nH]c1-c1nc2ccc(CN3CCOCC3)cc2[nH]1. The second-order valence-corrected chi connectivity index (χ2v) is 9.82. The van der Waals surface area contributed by atoms with Crippen molar-refractivity contribution in [3.63, 3.8) is 0 Å². The molecular weight excluding hydrogens is 577 g/mol. The summed E-state index contributed by atoms with van der Waals surface area (Å²) in [5, 5.41) is 10.1. The summed E-state index contributed by atoms with van der Waals surface area (Å²) in [6.45, 7) is 4.09. The number of morpholine rings is 1. The Morgan fingerprint density at radius 3 is 2.67 bits per heavy atom. The first kappa shape index (κ1) is 27.8. The third-order valence-corrected chi connectivity index (χ3v) is 6.87. The van der Waals surface area contributed by atoms with Crippen molar-refractivity contribution in [2.75, 3.05) is 38.7 Å². The van der Waals surface area contributed by atoms with Gasteiger partial charge in [0.05, 0.1) is 54.5 Å². The Morgan fingerprint density at radius 1 is 1.07 bits per heavy atom. The van der Waals surface area contributed by atoms with Crippen LogP contribution in [0.25, 0.3) is 33.9 Å². The van der Waals surface area contributed by atoms with E-state index in [9.17, 15) is 13.2 Å². The lowest BCUT2D eigenvalue weighted by atomic mass is 10.2. The lowest BCUT2D eigenvalue weighted by molar-refractivity contribution is -0.274. The Labute approximate surface area is 242 Å². The van der Waals surface area contributed by atoms with E-state index in [1.54, 1.807) is 6.20 Å². The van der Waals surface area contributed by atoms with Crippen LogP contribution in [0.5, 0.6) is 11.5 Å². The van der Waals surface area contributed by atoms with Crippen molar-refractivity contribution in [1.29, 1.82) is 0 Å². The second-order valence-electron chi connectivity index (χ2n) is 9.41. The Morgan fingerprint density at radius 2 is 1.90 bits per heavy atom. The van der Waals surface area contributed by atoms with Gasteiger partial charge in [0, 0.05) is 25.2 Å². The minimum atomic E-state index is -4.87. The molecule has 3 aromatic heterocycles. The van der Waals surface area contributed by atoms with Crippen molar-refractivity contribution in [2.45, 2.75) is 12.9 Å². The van der Waals surface area contributed by atoms with E-state index >= 15 is 0 Å². The fraction of sp³-hybridized carbons (Fsp3) is 0.259. The number of hydrogen-bond acceptors (Lipinski definition) is 9. The number of nitrogens with one attached hydrogen (secondary N) is 3. The van der Waals surface area contributed by atoms with Crippen LogP contribution >= 0.6 is 11.6 Å². The number of halogens is 4. The van der Waals surface area contributed by atoms with Crippen LogP contribution in [0.4, 0.5) is 24.7 Å². The number of rotatable bonds is 8. The summed E-state index contributed by atoms with van der Waals surface area (Å²) in [5.74, 6) is 0.850. The maximum atomic E-state index is 12.6. The number of aromatic amines is 2. The van der Waals surface area contributed by atoms with E-state index in [0.717, 1.165) is 49.9 Å². The maximum Gasteiger partial charge on any atom is 0.573 e. The molecule has 2 aromatic carbocycles. The van der Waals surface area contributed by atoms with Gasteiger partial charge in [-0.2, -0.15) is 5.10 Å². The van der Waals surface area contributed by atoms with Crippen LogP contribution in [-0.4, -0.2) is 74.8 Å². The molecule has 15 heteroatoms. The highest BCUT2D eigenvalue weighted by molar-refractivity contribution is 6.32. The molecule has 1 fully saturated rings. The quantitative estimate of drug-likeness (QED) is 0.210. The minimum Gasteiger partial charge on any atom is -0.491 e. The van der Waals surface area contributed by atoms with Crippen molar-refractivity contribution in [3.8, 4) is 34.4 Å². The van der Waals surface area contributed by atoms with E-state index in [2.05, 4.69) is 52.2 Å². The van der Waals surface area contributed by atoms with E-state index in [1.165, 1.54) is 31.0 Å². The van der Waals surface area contributed by atoms with Gasteiger partial charge in [0.2, 0.25) is 0 Å². The van der Waals surface area contributed by atoms with Crippen molar-refractivity contribution < 1.29 is 27.4 Å². The number of H-pyrrole nitrogens is 2. The molecule has 218 valence electrons. The van der Waals surface area contributed by atoms with Gasteiger partial charge in [-0.3, -0.25) is 10.00 Å². The van der Waals surface area contributed by atoms with Gasteiger partial charge in [-0.15, -0.1) is 13.2 Å². The molecule has 1 saturated heterocycles. The zero-order valence-corrected chi connectivity index (χ0v) is 22.9. The average Bonchev–Trinajstić information content (AvgIpc) is 3.60. The highest BCUT2D eigenvalue weighted by Crippen LogP contribution is 2.35. The van der Waals surface area contributed by atoms with Crippen molar-refractivity contribution in [2.24, 2.45) is 0 Å². The monoisotopic (exact) mass is 600 g/mol. The van der Waals surface area contributed by atoms with Crippen molar-refractivity contribution in [1.82, 2.24) is 35.0 Å². The van der Waals surface area contributed by atoms with Crippen LogP contribution in [0.15, 0.2) is 48.8 Å². The number of methoxy groups -OCH3 is 1. The molecule has 0 spiro atoms. The topological polar surface area (TPSA) is 126 Å². The van der Waals surface area contributed by atoms with Gasteiger partial charge in [-0.25, -0.2) is 15.0 Å². The van der Waals surface area contributed by atoms with Crippen LogP contribution in [-0.2, 0) is 11.3 Å². The van der Waals surface area contributed by atoms with Crippen LogP contribution in [0, 0.1) is 0 Å². The first-order valence-electron chi connectivity index (χ1n) is 12.8. The highest BCUT2D eigenvalue weighted by atomic mass is 35.5. The summed E-state index contributed by atoms with van der Waals surface area (Å²) >= 11 is 6.03. The summed E-state index contributed by atoms with van der Waals surface area (Å²) in [6, 6.07) is 9.90. The lowest BCUT2D eigenvalue weighted by Gasteiger charge is -2.26. The van der Waals surface area contributed by atoms with Gasteiger partial charge in [0.15, 0.2) is 23.2 Å². The standard InChI is InChI=1S/C27H24ClF3N8O3/c1-40-22-13-32-24(16-3-5-21(17(28)11-16)42-27(29,30)31)37-25(22)36-20-12-33-38-23(20)26-34-18-4-2-15(10-19(18)35-26)14-39-6-8-41-9-7-39/h2-5,10-13H,6-9,14H2,1H3,(H,33,38)(H,34,35)(H,32,36,37). The molecule has 5 aromatic rings. The molecule has 11 nitrogen and oxygen atoms in total. The first-order chi connectivity index (χ1) is 20.3. The highest BCUT2D eigenvalue weighted by Gasteiger charge is 2.32. The Bertz CT molecular complexity index is 1720. The third kappa shape index (κ3) is 6.10. The predicted octanol–water partition coefficient (Wildman–Crippen LogP) is 5.55. The molecule has 3 N–H and O–H groups in total. The number of hydrogen-bond donors (Lipinski definition) is 3. The molecule has 0 aliphatic carbocycles.